The van der Waals surface area contributed by atoms with Crippen LogP contribution in [0.25, 0.3) is 109 Å². The molecule has 0 aliphatic rings. The highest BCUT2D eigenvalue weighted by atomic mass is 32.1. The van der Waals surface area contributed by atoms with Gasteiger partial charge >= 0.3 is 0 Å². The van der Waals surface area contributed by atoms with Gasteiger partial charge in [-0.15, -0.1) is 11.3 Å². The van der Waals surface area contributed by atoms with Crippen LogP contribution in [-0.2, 0) is 0 Å². The molecule has 3 nitrogen and oxygen atoms in total. The van der Waals surface area contributed by atoms with Crippen LogP contribution in [0, 0.1) is 0 Å². The van der Waals surface area contributed by atoms with Crippen LogP contribution in [0.15, 0.2) is 200 Å². The zero-order chi connectivity index (χ0) is 37.7. The van der Waals surface area contributed by atoms with Gasteiger partial charge in [0.1, 0.15) is 0 Å². The van der Waals surface area contributed by atoms with E-state index in [0.29, 0.717) is 17.5 Å². The van der Waals surface area contributed by atoms with Gasteiger partial charge in [0.2, 0.25) is 0 Å². The summed E-state index contributed by atoms with van der Waals surface area (Å²) in [4.78, 5) is 15.4. The fourth-order valence-corrected chi connectivity index (χ4v) is 9.52. The molecule has 0 saturated heterocycles. The van der Waals surface area contributed by atoms with Gasteiger partial charge in [0.15, 0.2) is 17.5 Å². The number of rotatable bonds is 6. The van der Waals surface area contributed by atoms with Gasteiger partial charge < -0.3 is 0 Å². The molecule has 0 unspecified atom stereocenters. The van der Waals surface area contributed by atoms with Gasteiger partial charge in [-0.3, -0.25) is 0 Å². The van der Waals surface area contributed by atoms with Crippen molar-refractivity contribution in [2.75, 3.05) is 0 Å². The molecule has 266 valence electrons. The number of nitrogens with zero attached hydrogens (tertiary/aromatic N) is 3. The topological polar surface area (TPSA) is 38.7 Å². The van der Waals surface area contributed by atoms with Crippen LogP contribution in [0.5, 0.6) is 0 Å². The lowest BCUT2D eigenvalue weighted by Gasteiger charge is -2.18. The van der Waals surface area contributed by atoms with Crippen LogP contribution in [0.2, 0.25) is 0 Å². The smallest absolute Gasteiger partial charge is 0.165 e. The number of aromatic nitrogens is 3. The fraction of sp³-hybridized carbons (Fsp3) is 0. The average molecular weight is 744 g/mol. The molecular formula is C53H33N3S. The van der Waals surface area contributed by atoms with E-state index >= 15 is 0 Å². The largest absolute Gasteiger partial charge is 0.208 e. The molecule has 9 aromatic carbocycles. The van der Waals surface area contributed by atoms with E-state index in [-0.39, 0.29) is 0 Å². The molecule has 2 aromatic heterocycles. The Morgan fingerprint density at radius 1 is 0.281 bits per heavy atom. The maximum Gasteiger partial charge on any atom is 0.165 e. The van der Waals surface area contributed by atoms with E-state index in [1.165, 1.54) is 64.0 Å². The maximum absolute atomic E-state index is 5.21. The van der Waals surface area contributed by atoms with E-state index in [2.05, 4.69) is 182 Å². The molecule has 0 aliphatic heterocycles. The quantitative estimate of drug-likeness (QED) is 0.159. The highest BCUT2D eigenvalue weighted by Gasteiger charge is 2.19. The SMILES string of the molecule is c1ccc(-c2nc(-c3cccc(-c4cccc(-c5c6ccccc6c(-c6ccccc6)c6ccccc56)c4)c3)nc(-c3cccc4c3sc3ccccc34)n2)cc1. The van der Waals surface area contributed by atoms with Crippen LogP contribution < -0.4 is 0 Å². The van der Waals surface area contributed by atoms with Crippen molar-refractivity contribution in [3.63, 3.8) is 0 Å². The molecule has 11 rings (SSSR count). The summed E-state index contributed by atoms with van der Waals surface area (Å²) in [5.41, 5.74) is 10.0. The third-order valence-corrected chi connectivity index (χ3v) is 12.1. The first kappa shape index (κ1) is 33.1. The minimum atomic E-state index is 0.642. The first-order valence-electron chi connectivity index (χ1n) is 19.2. The van der Waals surface area contributed by atoms with Gasteiger partial charge in [-0.1, -0.05) is 176 Å². The predicted octanol–water partition coefficient (Wildman–Crippen LogP) is 14.5. The van der Waals surface area contributed by atoms with Crippen molar-refractivity contribution < 1.29 is 0 Å². The zero-order valence-electron chi connectivity index (χ0n) is 30.8. The molecule has 0 radical (unpaired) electrons. The van der Waals surface area contributed by atoms with Gasteiger partial charge in [-0.2, -0.15) is 0 Å². The van der Waals surface area contributed by atoms with Crippen molar-refractivity contribution in [1.82, 2.24) is 15.0 Å². The first-order valence-corrected chi connectivity index (χ1v) is 20.0. The molecular weight excluding hydrogens is 711 g/mol. The molecule has 0 saturated carbocycles. The Morgan fingerprint density at radius 3 is 1.35 bits per heavy atom. The molecule has 0 N–H and O–H groups in total. The second kappa shape index (κ2) is 13.8. The first-order chi connectivity index (χ1) is 28.3. The van der Waals surface area contributed by atoms with Crippen LogP contribution in [0.4, 0.5) is 0 Å². The van der Waals surface area contributed by atoms with Gasteiger partial charge in [0.25, 0.3) is 0 Å². The molecule has 0 atom stereocenters. The molecule has 57 heavy (non-hydrogen) atoms. The minimum absolute atomic E-state index is 0.642. The summed E-state index contributed by atoms with van der Waals surface area (Å²) in [5.74, 6) is 1.96. The number of thiophene rings is 1. The van der Waals surface area contributed by atoms with Gasteiger partial charge in [-0.05, 0) is 79.2 Å². The Bertz CT molecular complexity index is 3240. The molecule has 11 aromatic rings. The molecule has 4 heteroatoms. The minimum Gasteiger partial charge on any atom is -0.208 e. The van der Waals surface area contributed by atoms with E-state index < -0.39 is 0 Å². The third-order valence-electron chi connectivity index (χ3n) is 10.9. The van der Waals surface area contributed by atoms with E-state index in [9.17, 15) is 0 Å². The van der Waals surface area contributed by atoms with E-state index in [0.717, 1.165) is 27.8 Å². The number of hydrogen-bond donors (Lipinski definition) is 0. The Hall–Kier alpha value is -7.27. The third kappa shape index (κ3) is 5.78. The summed E-state index contributed by atoms with van der Waals surface area (Å²) in [7, 11) is 0. The molecule has 0 amide bonds. The van der Waals surface area contributed by atoms with E-state index in [1.54, 1.807) is 11.3 Å². The monoisotopic (exact) mass is 743 g/mol. The lowest BCUT2D eigenvalue weighted by atomic mass is 9.85. The summed E-state index contributed by atoms with van der Waals surface area (Å²) >= 11 is 1.79. The van der Waals surface area contributed by atoms with Crippen LogP contribution in [0.1, 0.15) is 0 Å². The molecule has 2 heterocycles. The Kier molecular flexibility index (Phi) is 8.01. The molecule has 0 bridgehead atoms. The van der Waals surface area contributed by atoms with Crippen molar-refractivity contribution in [1.29, 1.82) is 0 Å². The average Bonchev–Trinajstić information content (AvgIpc) is 3.68. The Labute approximate surface area is 334 Å². The second-order valence-corrected chi connectivity index (χ2v) is 15.4. The van der Waals surface area contributed by atoms with E-state index in [4.69, 9.17) is 15.0 Å². The van der Waals surface area contributed by atoms with Gasteiger partial charge in [-0.25, -0.2) is 15.0 Å². The van der Waals surface area contributed by atoms with Crippen LogP contribution >= 0.6 is 11.3 Å². The standard InChI is InChI=1S/C53H33N3S/c1-3-16-34(17-4-1)48-41-25-7-9-27-43(41)49(44-28-10-8-26-42(44)48)38-22-13-20-36(32-38)37-21-14-23-39(33-37)52-54-51(35-18-5-2-6-19-35)55-53(56-52)46-30-15-29-45-40-24-11-12-31-47(40)57-50(45)46/h1-33H. The summed E-state index contributed by atoms with van der Waals surface area (Å²) in [6.07, 6.45) is 0. The Morgan fingerprint density at radius 2 is 0.702 bits per heavy atom. The van der Waals surface area contributed by atoms with Gasteiger partial charge in [0.05, 0.1) is 0 Å². The van der Waals surface area contributed by atoms with Crippen molar-refractivity contribution >= 4 is 53.1 Å². The summed E-state index contributed by atoms with van der Waals surface area (Å²) in [6, 6.07) is 71.1. The molecule has 0 aliphatic carbocycles. The number of fused-ring (bicyclic) bond motifs is 5. The fourth-order valence-electron chi connectivity index (χ4n) is 8.31. The second-order valence-electron chi connectivity index (χ2n) is 14.3. The highest BCUT2D eigenvalue weighted by Crippen LogP contribution is 2.44. The zero-order valence-corrected chi connectivity index (χ0v) is 31.6. The molecule has 0 spiro atoms. The van der Waals surface area contributed by atoms with Crippen molar-refractivity contribution in [2.24, 2.45) is 0 Å². The maximum atomic E-state index is 5.21. The number of benzene rings is 9. The van der Waals surface area contributed by atoms with Crippen molar-refractivity contribution in [2.45, 2.75) is 0 Å². The number of hydrogen-bond acceptors (Lipinski definition) is 4. The summed E-state index contributed by atoms with van der Waals surface area (Å²) in [5, 5.41) is 7.43. The predicted molar refractivity (Wildman–Crippen MR) is 240 cm³/mol. The normalized spacial score (nSPS) is 11.5. The van der Waals surface area contributed by atoms with Crippen LogP contribution in [-0.4, -0.2) is 15.0 Å². The van der Waals surface area contributed by atoms with Crippen molar-refractivity contribution in [3.8, 4) is 67.5 Å². The summed E-state index contributed by atoms with van der Waals surface area (Å²) < 4.78 is 2.43. The van der Waals surface area contributed by atoms with E-state index in [1.807, 2.05) is 18.2 Å². The highest BCUT2D eigenvalue weighted by molar-refractivity contribution is 7.26. The lowest BCUT2D eigenvalue weighted by Crippen LogP contribution is -2.00. The summed E-state index contributed by atoms with van der Waals surface area (Å²) in [6.45, 7) is 0. The van der Waals surface area contributed by atoms with Gasteiger partial charge in [0, 0.05) is 36.9 Å². The Balaban J connectivity index is 1.06. The lowest BCUT2D eigenvalue weighted by molar-refractivity contribution is 1.08. The van der Waals surface area contributed by atoms with Crippen molar-refractivity contribution in [3.05, 3.63) is 200 Å². The van der Waals surface area contributed by atoms with Crippen LogP contribution in [0.3, 0.4) is 0 Å². The molecule has 0 fully saturated rings.